The van der Waals surface area contributed by atoms with Crippen LogP contribution in [-0.4, -0.2) is 29.8 Å². The van der Waals surface area contributed by atoms with E-state index in [1.165, 1.54) is 5.56 Å². The molecular formula is C15H20N2O2. The normalized spacial score (nSPS) is 25.8. The molecule has 0 saturated heterocycles. The molecule has 4 nitrogen and oxygen atoms in total. The van der Waals surface area contributed by atoms with Crippen molar-refractivity contribution in [3.05, 3.63) is 29.5 Å². The maximum absolute atomic E-state index is 11.0. The zero-order valence-corrected chi connectivity index (χ0v) is 11.6. The van der Waals surface area contributed by atoms with Gasteiger partial charge >= 0.3 is 0 Å². The summed E-state index contributed by atoms with van der Waals surface area (Å²) in [5.74, 6) is 0.751. The molecule has 0 aliphatic heterocycles. The van der Waals surface area contributed by atoms with E-state index in [9.17, 15) is 5.11 Å². The molecule has 3 rings (SSSR count). The van der Waals surface area contributed by atoms with Crippen LogP contribution in [0.5, 0.6) is 5.75 Å². The van der Waals surface area contributed by atoms with E-state index in [1.54, 1.807) is 7.11 Å². The molecule has 2 atom stereocenters. The van der Waals surface area contributed by atoms with Gasteiger partial charge in [0.05, 0.1) is 7.11 Å². The molecule has 0 spiro atoms. The summed E-state index contributed by atoms with van der Waals surface area (Å²) >= 11 is 0. The van der Waals surface area contributed by atoms with Crippen molar-refractivity contribution < 1.29 is 9.84 Å². The van der Waals surface area contributed by atoms with Crippen LogP contribution in [-0.2, 0) is 12.0 Å². The molecule has 1 aromatic carbocycles. The van der Waals surface area contributed by atoms with E-state index in [1.807, 2.05) is 25.3 Å². The lowest BCUT2D eigenvalue weighted by molar-refractivity contribution is 0.0124. The Morgan fingerprint density at radius 2 is 2.32 bits per heavy atom. The highest BCUT2D eigenvalue weighted by Crippen LogP contribution is 2.44. The summed E-state index contributed by atoms with van der Waals surface area (Å²) in [5, 5.41) is 15.5. The van der Waals surface area contributed by atoms with Crippen LogP contribution in [0.2, 0.25) is 0 Å². The molecule has 0 amide bonds. The smallest absolute Gasteiger partial charge is 0.125 e. The van der Waals surface area contributed by atoms with Gasteiger partial charge in [-0.25, -0.2) is 0 Å². The molecular weight excluding hydrogens is 240 g/mol. The van der Waals surface area contributed by atoms with E-state index < -0.39 is 5.60 Å². The van der Waals surface area contributed by atoms with Crippen LogP contribution >= 0.6 is 0 Å². The fourth-order valence-electron chi connectivity index (χ4n) is 3.22. The Labute approximate surface area is 112 Å². The topological polar surface area (TPSA) is 57.3 Å². The van der Waals surface area contributed by atoms with Crippen molar-refractivity contribution in [3.8, 4) is 5.75 Å². The molecule has 1 aliphatic carbocycles. The second-order valence-electron chi connectivity index (χ2n) is 5.34. The fourth-order valence-corrected chi connectivity index (χ4v) is 3.22. The summed E-state index contributed by atoms with van der Waals surface area (Å²) in [4.78, 5) is 3.28. The Morgan fingerprint density at radius 1 is 1.53 bits per heavy atom. The van der Waals surface area contributed by atoms with Gasteiger partial charge in [-0.15, -0.1) is 0 Å². The summed E-state index contributed by atoms with van der Waals surface area (Å²) < 4.78 is 5.46. The van der Waals surface area contributed by atoms with Gasteiger partial charge in [-0.05, 0) is 37.6 Å². The van der Waals surface area contributed by atoms with Gasteiger partial charge < -0.3 is 20.1 Å². The number of aromatic amines is 1. The number of aliphatic hydroxyl groups is 1. The van der Waals surface area contributed by atoms with E-state index >= 15 is 0 Å². The zero-order valence-electron chi connectivity index (χ0n) is 11.6. The third kappa shape index (κ3) is 1.67. The zero-order chi connectivity index (χ0) is 13.6. The van der Waals surface area contributed by atoms with Crippen LogP contribution in [0.3, 0.4) is 0 Å². The number of H-pyrrole nitrogens is 1. The van der Waals surface area contributed by atoms with E-state index in [2.05, 4.69) is 17.2 Å². The average Bonchev–Trinajstić information content (AvgIpc) is 2.79. The summed E-state index contributed by atoms with van der Waals surface area (Å²) in [6.45, 7) is 4.76. The van der Waals surface area contributed by atoms with Crippen LogP contribution in [0.1, 0.15) is 25.0 Å². The van der Waals surface area contributed by atoms with E-state index in [0.717, 1.165) is 35.2 Å². The minimum atomic E-state index is -0.934. The van der Waals surface area contributed by atoms with Gasteiger partial charge in [0, 0.05) is 28.7 Å². The van der Waals surface area contributed by atoms with Crippen LogP contribution in [0.15, 0.2) is 18.3 Å². The van der Waals surface area contributed by atoms with Gasteiger partial charge in [0.25, 0.3) is 0 Å². The first-order valence-electron chi connectivity index (χ1n) is 6.72. The molecule has 1 aliphatic rings. The number of nitrogens with one attached hydrogen (secondary N) is 2. The fraction of sp³-hybridized carbons (Fsp3) is 0.467. The van der Waals surface area contributed by atoms with Crippen molar-refractivity contribution >= 4 is 10.9 Å². The number of rotatable bonds is 3. The largest absolute Gasteiger partial charge is 0.496 e. The molecule has 2 unspecified atom stereocenters. The van der Waals surface area contributed by atoms with Gasteiger partial charge in [-0.1, -0.05) is 6.92 Å². The lowest BCUT2D eigenvalue weighted by atomic mass is 9.77. The van der Waals surface area contributed by atoms with E-state index in [4.69, 9.17) is 4.74 Å². The number of ether oxygens (including phenoxy) is 1. The van der Waals surface area contributed by atoms with Gasteiger partial charge in [-0.3, -0.25) is 0 Å². The third-order valence-electron chi connectivity index (χ3n) is 4.17. The maximum atomic E-state index is 11.0. The number of likely N-dealkylation sites (N-methyl/N-ethyl adjacent to an activating group) is 1. The highest BCUT2D eigenvalue weighted by atomic mass is 16.5. The van der Waals surface area contributed by atoms with Crippen LogP contribution < -0.4 is 10.1 Å². The first-order valence-corrected chi connectivity index (χ1v) is 6.72. The third-order valence-corrected chi connectivity index (χ3v) is 4.17. The Hall–Kier alpha value is -1.52. The Kier molecular flexibility index (Phi) is 2.80. The number of hydrogen-bond acceptors (Lipinski definition) is 3. The first kappa shape index (κ1) is 12.5. The molecule has 2 aromatic rings. The van der Waals surface area contributed by atoms with Crippen LogP contribution in [0.25, 0.3) is 10.9 Å². The molecule has 19 heavy (non-hydrogen) atoms. The van der Waals surface area contributed by atoms with Crippen LogP contribution in [0, 0.1) is 0 Å². The monoisotopic (exact) mass is 260 g/mol. The predicted octanol–water partition coefficient (Wildman–Crippen LogP) is 1.92. The standard InChI is InChI=1S/C15H20N2O2/c1-4-16-12-7-9-8-17-10-5-6-11(19-3)14(13(9)10)15(12,2)18/h5-6,8,12,16-18H,4,7H2,1-3H3. The highest BCUT2D eigenvalue weighted by molar-refractivity contribution is 5.90. The highest BCUT2D eigenvalue weighted by Gasteiger charge is 2.41. The summed E-state index contributed by atoms with van der Waals surface area (Å²) in [5.41, 5.74) is 2.25. The molecule has 0 bridgehead atoms. The maximum Gasteiger partial charge on any atom is 0.125 e. The minimum absolute atomic E-state index is 0.000278. The van der Waals surface area contributed by atoms with Crippen molar-refractivity contribution in [1.29, 1.82) is 0 Å². The quantitative estimate of drug-likeness (QED) is 0.790. The van der Waals surface area contributed by atoms with Gasteiger partial charge in [0.15, 0.2) is 0 Å². The van der Waals surface area contributed by atoms with Gasteiger partial charge in [-0.2, -0.15) is 0 Å². The number of aromatic nitrogens is 1. The van der Waals surface area contributed by atoms with Crippen molar-refractivity contribution in [2.75, 3.05) is 13.7 Å². The summed E-state index contributed by atoms with van der Waals surface area (Å²) in [6, 6.07) is 3.92. The Balaban J connectivity index is 2.28. The SMILES string of the molecule is CCNC1Cc2c[nH]c3ccc(OC)c(c23)C1(C)O. The van der Waals surface area contributed by atoms with E-state index in [0.29, 0.717) is 0 Å². The molecule has 0 radical (unpaired) electrons. The first-order chi connectivity index (χ1) is 9.09. The number of methoxy groups -OCH3 is 1. The van der Waals surface area contributed by atoms with Crippen molar-refractivity contribution in [1.82, 2.24) is 10.3 Å². The molecule has 0 fully saturated rings. The average molecular weight is 260 g/mol. The molecule has 1 heterocycles. The van der Waals surface area contributed by atoms with Crippen LogP contribution in [0.4, 0.5) is 0 Å². The van der Waals surface area contributed by atoms with Crippen molar-refractivity contribution in [2.24, 2.45) is 0 Å². The van der Waals surface area contributed by atoms with Crippen molar-refractivity contribution in [2.45, 2.75) is 31.9 Å². The molecule has 4 heteroatoms. The Morgan fingerprint density at radius 3 is 3.00 bits per heavy atom. The van der Waals surface area contributed by atoms with E-state index in [-0.39, 0.29) is 6.04 Å². The molecule has 1 aromatic heterocycles. The summed E-state index contributed by atoms with van der Waals surface area (Å²) in [6.07, 6.45) is 2.86. The second kappa shape index (κ2) is 4.25. The number of hydrogen-bond donors (Lipinski definition) is 3. The van der Waals surface area contributed by atoms with Gasteiger partial charge in [0.2, 0.25) is 0 Å². The minimum Gasteiger partial charge on any atom is -0.496 e. The lowest BCUT2D eigenvalue weighted by Crippen LogP contribution is -2.50. The predicted molar refractivity (Wildman–Crippen MR) is 75.6 cm³/mol. The molecule has 0 saturated carbocycles. The Bertz CT molecular complexity index is 616. The second-order valence-corrected chi connectivity index (χ2v) is 5.34. The molecule has 3 N–H and O–H groups in total. The molecule has 102 valence electrons. The van der Waals surface area contributed by atoms with Crippen molar-refractivity contribution in [3.63, 3.8) is 0 Å². The number of benzene rings is 1. The lowest BCUT2D eigenvalue weighted by Gasteiger charge is -2.38. The summed E-state index contributed by atoms with van der Waals surface area (Å²) in [7, 11) is 1.65. The van der Waals surface area contributed by atoms with Gasteiger partial charge in [0.1, 0.15) is 11.4 Å².